The lowest BCUT2D eigenvalue weighted by Gasteiger charge is -2.18. The van der Waals surface area contributed by atoms with Crippen LogP contribution in [0, 0.1) is 0 Å². The Morgan fingerprint density at radius 1 is 0.926 bits per heavy atom. The van der Waals surface area contributed by atoms with Crippen LogP contribution in [0.15, 0.2) is 59.6 Å². The summed E-state index contributed by atoms with van der Waals surface area (Å²) in [6, 6.07) is 18.9. The molecule has 0 atom stereocenters. The van der Waals surface area contributed by atoms with Gasteiger partial charge in [-0.15, -0.1) is 0 Å². The zero-order valence-electron chi connectivity index (χ0n) is 16.5. The molecule has 1 aliphatic rings. The van der Waals surface area contributed by atoms with E-state index in [-0.39, 0.29) is 0 Å². The van der Waals surface area contributed by atoms with Gasteiger partial charge in [0.05, 0.1) is 0 Å². The molecule has 0 aromatic heterocycles. The third kappa shape index (κ3) is 5.83. The minimum Gasteiger partial charge on any atom is -0.370 e. The summed E-state index contributed by atoms with van der Waals surface area (Å²) in [5.74, 6) is 0.585. The highest BCUT2D eigenvalue weighted by atomic mass is 15.2. The molecule has 1 fully saturated rings. The Hall–Kier alpha value is -2.33. The Kier molecular flexibility index (Phi) is 7.28. The first kappa shape index (κ1) is 19.4. The highest BCUT2D eigenvalue weighted by Crippen LogP contribution is 2.22. The van der Waals surface area contributed by atoms with E-state index < -0.39 is 0 Å². The van der Waals surface area contributed by atoms with Gasteiger partial charge in [0.1, 0.15) is 0 Å². The lowest BCUT2D eigenvalue weighted by atomic mass is 10.1. The molecule has 4 heteroatoms. The zero-order valence-corrected chi connectivity index (χ0v) is 16.5. The number of nitrogens with zero attached hydrogens (tertiary/aromatic N) is 3. The summed E-state index contributed by atoms with van der Waals surface area (Å²) in [5.41, 5.74) is 9.67. The van der Waals surface area contributed by atoms with Gasteiger partial charge >= 0.3 is 0 Å². The fourth-order valence-corrected chi connectivity index (χ4v) is 3.57. The molecule has 0 aliphatic carbocycles. The van der Waals surface area contributed by atoms with E-state index in [0.29, 0.717) is 5.96 Å². The van der Waals surface area contributed by atoms with Crippen molar-refractivity contribution >= 4 is 11.6 Å². The van der Waals surface area contributed by atoms with Crippen LogP contribution in [0.5, 0.6) is 0 Å². The maximum absolute atomic E-state index is 6.18. The molecule has 27 heavy (non-hydrogen) atoms. The predicted octanol–water partition coefficient (Wildman–Crippen LogP) is 4.37. The number of anilines is 1. The van der Waals surface area contributed by atoms with Gasteiger partial charge in [0.2, 0.25) is 0 Å². The Balaban J connectivity index is 1.43. The Morgan fingerprint density at radius 3 is 2.30 bits per heavy atom. The molecular weight excluding hydrogens is 332 g/mol. The second-order valence-corrected chi connectivity index (χ2v) is 7.32. The van der Waals surface area contributed by atoms with E-state index in [1.807, 2.05) is 18.0 Å². The van der Waals surface area contributed by atoms with Crippen molar-refractivity contribution in [2.24, 2.45) is 10.7 Å². The number of benzene rings is 2. The van der Waals surface area contributed by atoms with Gasteiger partial charge in [-0.2, -0.15) is 0 Å². The monoisotopic (exact) mass is 364 g/mol. The van der Waals surface area contributed by atoms with Crippen molar-refractivity contribution in [3.8, 4) is 11.1 Å². The van der Waals surface area contributed by atoms with Gasteiger partial charge in [-0.05, 0) is 68.6 Å². The third-order valence-electron chi connectivity index (χ3n) is 5.31. The smallest absolute Gasteiger partial charge is 0.195 e. The van der Waals surface area contributed by atoms with Gasteiger partial charge in [0.15, 0.2) is 5.96 Å². The number of hydrogen-bond acceptors (Lipinski definition) is 2. The molecule has 144 valence electrons. The van der Waals surface area contributed by atoms with Crippen LogP contribution in [0.1, 0.15) is 32.1 Å². The van der Waals surface area contributed by atoms with Crippen molar-refractivity contribution in [2.75, 3.05) is 38.1 Å². The lowest BCUT2D eigenvalue weighted by Crippen LogP contribution is -2.34. The number of hydrogen-bond donors (Lipinski definition) is 1. The second kappa shape index (κ2) is 10.1. The standard InChI is InChI=1S/C23H32N4/c1-26(22-14-12-21(13-15-22)20-10-4-2-5-11-20)23(24)25-16-6-3-7-17-27-18-8-9-19-27/h2,4-5,10-15H,3,6-9,16-19H2,1H3,(H2,24,25). The molecule has 2 aromatic carbocycles. The molecule has 3 rings (SSSR count). The van der Waals surface area contributed by atoms with Gasteiger partial charge < -0.3 is 15.5 Å². The molecule has 0 unspecified atom stereocenters. The van der Waals surface area contributed by atoms with Crippen LogP contribution in [0.2, 0.25) is 0 Å². The van der Waals surface area contributed by atoms with E-state index in [1.165, 1.54) is 56.4 Å². The lowest BCUT2D eigenvalue weighted by molar-refractivity contribution is 0.329. The maximum Gasteiger partial charge on any atom is 0.195 e. The zero-order chi connectivity index (χ0) is 18.9. The van der Waals surface area contributed by atoms with Gasteiger partial charge in [-0.25, -0.2) is 0 Å². The SMILES string of the molecule is CN(C(N)=NCCCCCN1CCCC1)c1ccc(-c2ccccc2)cc1. The molecule has 0 bridgehead atoms. The van der Waals surface area contributed by atoms with Gasteiger partial charge in [-0.3, -0.25) is 4.99 Å². The van der Waals surface area contributed by atoms with Crippen LogP contribution >= 0.6 is 0 Å². The Morgan fingerprint density at radius 2 is 1.59 bits per heavy atom. The van der Waals surface area contributed by atoms with Crippen molar-refractivity contribution in [2.45, 2.75) is 32.1 Å². The highest BCUT2D eigenvalue weighted by molar-refractivity contribution is 5.94. The average molecular weight is 365 g/mol. The first-order valence-electron chi connectivity index (χ1n) is 10.2. The molecule has 4 nitrogen and oxygen atoms in total. The quantitative estimate of drug-likeness (QED) is 0.430. The summed E-state index contributed by atoms with van der Waals surface area (Å²) < 4.78 is 0. The van der Waals surface area contributed by atoms with Crippen molar-refractivity contribution in [3.05, 3.63) is 54.6 Å². The Bertz CT molecular complexity index is 703. The molecule has 2 N–H and O–H groups in total. The van der Waals surface area contributed by atoms with E-state index in [4.69, 9.17) is 5.73 Å². The summed E-state index contributed by atoms with van der Waals surface area (Å²) in [6.45, 7) is 4.63. The van der Waals surface area contributed by atoms with E-state index >= 15 is 0 Å². The summed E-state index contributed by atoms with van der Waals surface area (Å²) >= 11 is 0. The van der Waals surface area contributed by atoms with E-state index in [2.05, 4.69) is 58.4 Å². The van der Waals surface area contributed by atoms with E-state index in [9.17, 15) is 0 Å². The topological polar surface area (TPSA) is 44.9 Å². The number of nitrogens with two attached hydrogens (primary N) is 1. The summed E-state index contributed by atoms with van der Waals surface area (Å²) in [7, 11) is 1.98. The van der Waals surface area contributed by atoms with Crippen molar-refractivity contribution < 1.29 is 0 Å². The van der Waals surface area contributed by atoms with Crippen molar-refractivity contribution in [1.29, 1.82) is 0 Å². The first-order chi connectivity index (χ1) is 13.2. The molecule has 2 aromatic rings. The second-order valence-electron chi connectivity index (χ2n) is 7.32. The first-order valence-corrected chi connectivity index (χ1v) is 10.2. The average Bonchev–Trinajstić information content (AvgIpc) is 3.24. The number of likely N-dealkylation sites (tertiary alicyclic amines) is 1. The molecule has 1 aliphatic heterocycles. The Labute approximate surface area is 163 Å². The minimum absolute atomic E-state index is 0.585. The maximum atomic E-state index is 6.18. The van der Waals surface area contributed by atoms with Crippen LogP contribution in [0.3, 0.4) is 0 Å². The van der Waals surface area contributed by atoms with Crippen LogP contribution < -0.4 is 10.6 Å². The van der Waals surface area contributed by atoms with Crippen LogP contribution in [0.4, 0.5) is 5.69 Å². The number of unbranched alkanes of at least 4 members (excludes halogenated alkanes) is 2. The molecule has 0 spiro atoms. The summed E-state index contributed by atoms with van der Waals surface area (Å²) in [6.07, 6.45) is 6.35. The largest absolute Gasteiger partial charge is 0.370 e. The summed E-state index contributed by atoms with van der Waals surface area (Å²) in [4.78, 5) is 9.09. The number of rotatable bonds is 8. The normalized spacial score (nSPS) is 15.2. The molecule has 1 saturated heterocycles. The molecular formula is C23H32N4. The van der Waals surface area contributed by atoms with Crippen LogP contribution in [-0.2, 0) is 0 Å². The number of guanidine groups is 1. The van der Waals surface area contributed by atoms with Crippen LogP contribution in [0.25, 0.3) is 11.1 Å². The molecule has 1 heterocycles. The van der Waals surface area contributed by atoms with Gasteiger partial charge in [-0.1, -0.05) is 48.9 Å². The van der Waals surface area contributed by atoms with E-state index in [0.717, 1.165) is 18.7 Å². The summed E-state index contributed by atoms with van der Waals surface area (Å²) in [5, 5.41) is 0. The molecule has 0 saturated carbocycles. The highest BCUT2D eigenvalue weighted by Gasteiger charge is 2.10. The van der Waals surface area contributed by atoms with Crippen molar-refractivity contribution in [3.63, 3.8) is 0 Å². The predicted molar refractivity (Wildman–Crippen MR) is 116 cm³/mol. The fourth-order valence-electron chi connectivity index (χ4n) is 3.57. The molecule has 0 radical (unpaired) electrons. The van der Waals surface area contributed by atoms with Crippen LogP contribution in [-0.4, -0.2) is 44.1 Å². The fraction of sp³-hybridized carbons (Fsp3) is 0.435. The number of aliphatic imine (C=N–C) groups is 1. The van der Waals surface area contributed by atoms with Crippen molar-refractivity contribution in [1.82, 2.24) is 4.90 Å². The van der Waals surface area contributed by atoms with Gasteiger partial charge in [0, 0.05) is 19.3 Å². The van der Waals surface area contributed by atoms with E-state index in [1.54, 1.807) is 0 Å². The molecule has 0 amide bonds. The minimum atomic E-state index is 0.585. The van der Waals surface area contributed by atoms with Gasteiger partial charge in [0.25, 0.3) is 0 Å². The third-order valence-corrected chi connectivity index (χ3v) is 5.31.